The number of aromatic hydroxyl groups is 1. The minimum Gasteiger partial charge on any atom is -0.508 e. The van der Waals surface area contributed by atoms with E-state index in [4.69, 9.17) is 17.2 Å². The molecule has 1 rings (SSSR count). The summed E-state index contributed by atoms with van der Waals surface area (Å²) in [5.74, 6) is -3.82. The fraction of sp³-hybridized carbons (Fsp3) is 0.476. The van der Waals surface area contributed by atoms with E-state index in [0.29, 0.717) is 5.56 Å². The Hall–Kier alpha value is -3.91. The molecule has 0 radical (unpaired) electrons. The number of hydrogen-bond acceptors (Lipinski definition) is 8. The Morgan fingerprint density at radius 2 is 1.49 bits per heavy atom. The maximum atomic E-state index is 12.9. The normalized spacial score (nSPS) is 14.0. The topological polar surface area (TPSA) is 255 Å². The van der Waals surface area contributed by atoms with Crippen molar-refractivity contribution in [1.82, 2.24) is 16.0 Å². The number of aliphatic hydroxyl groups excluding tert-OH is 1. The summed E-state index contributed by atoms with van der Waals surface area (Å²) in [5, 5.41) is 35.5. The molecule has 1 aromatic rings. The fourth-order valence-electron chi connectivity index (χ4n) is 2.88. The first-order valence-corrected chi connectivity index (χ1v) is 10.8. The third kappa shape index (κ3) is 10.7. The lowest BCUT2D eigenvalue weighted by atomic mass is 10.0. The number of hydrogen-bond donors (Lipinski definition) is 9. The first kappa shape index (κ1) is 29.1. The van der Waals surface area contributed by atoms with Gasteiger partial charge < -0.3 is 48.5 Å². The van der Waals surface area contributed by atoms with E-state index < -0.39 is 54.5 Å². The van der Waals surface area contributed by atoms with Gasteiger partial charge in [0.1, 0.15) is 23.9 Å². The number of nitrogens with two attached hydrogens (primary N) is 3. The molecule has 1 aromatic carbocycles. The highest BCUT2D eigenvalue weighted by atomic mass is 16.4. The number of rotatable bonds is 14. The molecule has 3 amide bonds. The number of phenolic OH excluding ortho intramolecular Hbond substituents is 1. The molecule has 0 bridgehead atoms. The molecule has 0 saturated carbocycles. The third-order valence-electron chi connectivity index (χ3n) is 4.80. The van der Waals surface area contributed by atoms with Crippen LogP contribution in [0.4, 0.5) is 0 Å². The van der Waals surface area contributed by atoms with Gasteiger partial charge in [0.2, 0.25) is 17.7 Å². The largest absolute Gasteiger partial charge is 0.508 e. The van der Waals surface area contributed by atoms with Crippen LogP contribution in [0.5, 0.6) is 5.75 Å². The van der Waals surface area contributed by atoms with Crippen molar-refractivity contribution in [3.63, 3.8) is 0 Å². The van der Waals surface area contributed by atoms with Crippen molar-refractivity contribution in [2.45, 2.75) is 50.4 Å². The lowest BCUT2D eigenvalue weighted by Gasteiger charge is -2.24. The van der Waals surface area contributed by atoms with Crippen LogP contribution in [-0.4, -0.2) is 82.3 Å². The summed E-state index contributed by atoms with van der Waals surface area (Å²) in [4.78, 5) is 52.9. The Bertz CT molecular complexity index is 902. The molecule has 0 heterocycles. The number of carboxylic acid groups (broad SMARTS) is 1. The zero-order chi connectivity index (χ0) is 26.5. The third-order valence-corrected chi connectivity index (χ3v) is 4.80. The maximum absolute atomic E-state index is 12.9. The van der Waals surface area contributed by atoms with Crippen LogP contribution in [0.3, 0.4) is 0 Å². The SMILES string of the molecule is CC(N)C(=O)NC(CO)C(=O)NC(CCCN=C(N)N)C(=O)NC(Cc1ccc(O)cc1)C(=O)O. The molecule has 0 aliphatic heterocycles. The van der Waals surface area contributed by atoms with Crippen LogP contribution < -0.4 is 33.2 Å². The van der Waals surface area contributed by atoms with Gasteiger partial charge in [-0.25, -0.2) is 4.79 Å². The standard InChI is InChI=1S/C21H33N7O7/c1-11(22)17(31)28-16(10-29)19(33)26-14(3-2-8-25-21(23)24)18(32)27-15(20(34)35)9-12-4-6-13(30)7-5-12/h4-7,11,14-16,29-30H,2-3,8-10,22H2,1H3,(H,26,33)(H,27,32)(H,28,31)(H,34,35)(H4,23,24,25). The number of aliphatic hydroxyl groups is 1. The van der Waals surface area contributed by atoms with Crippen molar-refractivity contribution in [3.05, 3.63) is 29.8 Å². The maximum Gasteiger partial charge on any atom is 0.326 e. The summed E-state index contributed by atoms with van der Waals surface area (Å²) in [6.07, 6.45) is 0.195. The molecule has 4 atom stereocenters. The van der Waals surface area contributed by atoms with Crippen LogP contribution in [-0.2, 0) is 25.6 Å². The Labute approximate surface area is 201 Å². The molecule has 12 N–H and O–H groups in total. The van der Waals surface area contributed by atoms with E-state index in [1.807, 2.05) is 0 Å². The fourth-order valence-corrected chi connectivity index (χ4v) is 2.88. The minimum atomic E-state index is -1.38. The molecule has 0 aliphatic carbocycles. The van der Waals surface area contributed by atoms with Gasteiger partial charge in [0.25, 0.3) is 0 Å². The second kappa shape index (κ2) is 14.4. The molecule has 0 aliphatic rings. The van der Waals surface area contributed by atoms with Crippen LogP contribution in [0.1, 0.15) is 25.3 Å². The number of benzene rings is 1. The summed E-state index contributed by atoms with van der Waals surface area (Å²) < 4.78 is 0. The Balaban J connectivity index is 2.98. The summed E-state index contributed by atoms with van der Waals surface area (Å²) in [5.41, 5.74) is 16.6. The number of aliphatic carboxylic acids is 1. The minimum absolute atomic E-state index is 0.00256. The molecule has 0 aromatic heterocycles. The van der Waals surface area contributed by atoms with Crippen LogP contribution in [0.25, 0.3) is 0 Å². The van der Waals surface area contributed by atoms with Crippen molar-refractivity contribution >= 4 is 29.7 Å². The average Bonchev–Trinajstić information content (AvgIpc) is 2.79. The summed E-state index contributed by atoms with van der Waals surface area (Å²) in [6, 6.07) is 0.913. The predicted molar refractivity (Wildman–Crippen MR) is 126 cm³/mol. The van der Waals surface area contributed by atoms with E-state index in [1.54, 1.807) is 0 Å². The number of aliphatic imine (C=N–C) groups is 1. The number of amides is 3. The highest BCUT2D eigenvalue weighted by Crippen LogP contribution is 2.12. The first-order valence-electron chi connectivity index (χ1n) is 10.8. The number of nitrogens with one attached hydrogen (secondary N) is 3. The number of carboxylic acids is 1. The highest BCUT2D eigenvalue weighted by Gasteiger charge is 2.29. The van der Waals surface area contributed by atoms with Crippen LogP contribution >= 0.6 is 0 Å². The van der Waals surface area contributed by atoms with Gasteiger partial charge in [-0.05, 0) is 37.5 Å². The molecule has 4 unspecified atom stereocenters. The van der Waals surface area contributed by atoms with Gasteiger partial charge >= 0.3 is 5.97 Å². The number of guanidine groups is 1. The summed E-state index contributed by atoms with van der Waals surface area (Å²) in [7, 11) is 0. The Kier molecular flexibility index (Phi) is 12.0. The number of carbonyl (C=O) groups excluding carboxylic acids is 3. The summed E-state index contributed by atoms with van der Waals surface area (Å²) >= 11 is 0. The zero-order valence-electron chi connectivity index (χ0n) is 19.3. The first-order chi connectivity index (χ1) is 16.4. The molecule has 14 nitrogen and oxygen atoms in total. The smallest absolute Gasteiger partial charge is 0.326 e. The molecular formula is C21H33N7O7. The lowest BCUT2D eigenvalue weighted by Crippen LogP contribution is -2.58. The molecule has 14 heteroatoms. The van der Waals surface area contributed by atoms with Crippen molar-refractivity contribution < 1.29 is 34.5 Å². The van der Waals surface area contributed by atoms with Gasteiger partial charge in [-0.15, -0.1) is 0 Å². The van der Waals surface area contributed by atoms with E-state index in [2.05, 4.69) is 20.9 Å². The van der Waals surface area contributed by atoms with E-state index in [0.717, 1.165) is 0 Å². The van der Waals surface area contributed by atoms with E-state index in [9.17, 15) is 34.5 Å². The lowest BCUT2D eigenvalue weighted by molar-refractivity contribution is -0.142. The van der Waals surface area contributed by atoms with Crippen molar-refractivity contribution in [3.8, 4) is 5.75 Å². The van der Waals surface area contributed by atoms with Gasteiger partial charge in [-0.1, -0.05) is 12.1 Å². The molecule has 0 fully saturated rings. The van der Waals surface area contributed by atoms with Crippen LogP contribution in [0.2, 0.25) is 0 Å². The average molecular weight is 496 g/mol. The number of nitrogens with zero attached hydrogens (tertiary/aromatic N) is 1. The van der Waals surface area contributed by atoms with Crippen molar-refractivity contribution in [2.75, 3.05) is 13.2 Å². The van der Waals surface area contributed by atoms with Crippen LogP contribution in [0, 0.1) is 0 Å². The number of carbonyl (C=O) groups is 4. The van der Waals surface area contributed by atoms with E-state index in [-0.39, 0.29) is 37.5 Å². The second-order valence-electron chi connectivity index (χ2n) is 7.81. The van der Waals surface area contributed by atoms with E-state index in [1.165, 1.54) is 31.2 Å². The van der Waals surface area contributed by atoms with Crippen LogP contribution in [0.15, 0.2) is 29.3 Å². The molecular weight excluding hydrogens is 462 g/mol. The van der Waals surface area contributed by atoms with Gasteiger partial charge in [0.15, 0.2) is 5.96 Å². The molecule has 0 spiro atoms. The second-order valence-corrected chi connectivity index (χ2v) is 7.81. The van der Waals surface area contributed by atoms with E-state index >= 15 is 0 Å². The van der Waals surface area contributed by atoms with Gasteiger partial charge in [0, 0.05) is 13.0 Å². The summed E-state index contributed by atoms with van der Waals surface area (Å²) in [6.45, 7) is 0.773. The highest BCUT2D eigenvalue weighted by molar-refractivity contribution is 5.94. The molecule has 35 heavy (non-hydrogen) atoms. The van der Waals surface area contributed by atoms with Gasteiger partial charge in [0.05, 0.1) is 12.6 Å². The van der Waals surface area contributed by atoms with Gasteiger partial charge in [-0.3, -0.25) is 19.4 Å². The Morgan fingerprint density at radius 3 is 2.00 bits per heavy atom. The monoisotopic (exact) mass is 495 g/mol. The van der Waals surface area contributed by atoms with Crippen molar-refractivity contribution in [2.24, 2.45) is 22.2 Å². The van der Waals surface area contributed by atoms with Crippen molar-refractivity contribution in [1.29, 1.82) is 0 Å². The quantitative estimate of drug-likeness (QED) is 0.0712. The zero-order valence-corrected chi connectivity index (χ0v) is 19.3. The van der Waals surface area contributed by atoms with Gasteiger partial charge in [-0.2, -0.15) is 0 Å². The Morgan fingerprint density at radius 1 is 0.943 bits per heavy atom. The molecule has 194 valence electrons. The molecule has 0 saturated heterocycles. The number of phenols is 1. The predicted octanol–water partition coefficient (Wildman–Crippen LogP) is -3.13.